The first-order valence-electron chi connectivity index (χ1n) is 5.20. The van der Waals surface area contributed by atoms with E-state index in [0.717, 1.165) is 36.2 Å². The topological polar surface area (TPSA) is 84.1 Å². The fourth-order valence-electron chi connectivity index (χ4n) is 2.07. The summed E-state index contributed by atoms with van der Waals surface area (Å²) < 4.78 is 0. The maximum absolute atomic E-state index is 9.91. The molecule has 1 aromatic rings. The lowest BCUT2D eigenvalue weighted by molar-refractivity contribution is 0.153. The molecule has 0 bridgehead atoms. The Morgan fingerprint density at radius 2 is 2.33 bits per heavy atom. The average molecular weight is 208 g/mol. The Balaban J connectivity index is 2.48. The summed E-state index contributed by atoms with van der Waals surface area (Å²) in [4.78, 5) is 8.36. The number of nitrogens with one attached hydrogen (secondary N) is 1. The van der Waals surface area contributed by atoms with E-state index in [1.54, 1.807) is 0 Å². The number of aromatic nitrogens is 2. The van der Waals surface area contributed by atoms with Gasteiger partial charge in [-0.2, -0.15) is 0 Å². The van der Waals surface area contributed by atoms with Crippen molar-refractivity contribution >= 4 is 5.95 Å². The van der Waals surface area contributed by atoms with Crippen LogP contribution in [0.4, 0.5) is 5.95 Å². The highest BCUT2D eigenvalue weighted by Crippen LogP contribution is 2.30. The van der Waals surface area contributed by atoms with E-state index < -0.39 is 6.10 Å². The number of rotatable bonds is 2. The lowest BCUT2D eigenvalue weighted by Gasteiger charge is -2.22. The number of nitrogens with two attached hydrogens (primary N) is 1. The molecule has 0 radical (unpaired) electrons. The van der Waals surface area contributed by atoms with Crippen LogP contribution >= 0.6 is 0 Å². The van der Waals surface area contributed by atoms with Crippen LogP contribution in [0, 0.1) is 0 Å². The number of fused-ring (bicyclic) bond motifs is 1. The number of nitrogens with zero attached hydrogens (tertiary/aromatic N) is 2. The molecule has 5 nitrogen and oxygen atoms in total. The van der Waals surface area contributed by atoms with Crippen LogP contribution in [0.15, 0.2) is 0 Å². The fourth-order valence-corrected chi connectivity index (χ4v) is 2.07. The van der Waals surface area contributed by atoms with Gasteiger partial charge in [0.1, 0.15) is 0 Å². The predicted octanol–water partition coefficient (Wildman–Crippen LogP) is 0.148. The minimum absolute atomic E-state index is 0.299. The average Bonchev–Trinajstić information content (AvgIpc) is 2.17. The molecule has 1 heterocycles. The SMILES string of the molecule is CNCc1nc(N)nc2c1C(O)CCC2. The molecule has 0 saturated carbocycles. The van der Waals surface area contributed by atoms with Crippen molar-refractivity contribution in [2.24, 2.45) is 0 Å². The number of hydrogen-bond donors (Lipinski definition) is 3. The van der Waals surface area contributed by atoms with E-state index in [1.165, 1.54) is 0 Å². The number of aliphatic hydroxyl groups excluding tert-OH is 1. The third kappa shape index (κ3) is 1.93. The molecule has 2 rings (SSSR count). The molecule has 1 aromatic heterocycles. The number of hydrogen-bond acceptors (Lipinski definition) is 5. The molecule has 82 valence electrons. The first-order valence-corrected chi connectivity index (χ1v) is 5.20. The molecule has 1 unspecified atom stereocenters. The highest BCUT2D eigenvalue weighted by molar-refractivity contribution is 5.35. The van der Waals surface area contributed by atoms with Crippen LogP contribution in [0.2, 0.25) is 0 Å². The molecule has 1 atom stereocenters. The number of anilines is 1. The van der Waals surface area contributed by atoms with Crippen molar-refractivity contribution in [3.05, 3.63) is 17.0 Å². The van der Waals surface area contributed by atoms with Crippen molar-refractivity contribution < 1.29 is 5.11 Å². The van der Waals surface area contributed by atoms with Crippen LogP contribution in [0.3, 0.4) is 0 Å². The van der Waals surface area contributed by atoms with E-state index in [-0.39, 0.29) is 0 Å². The summed E-state index contributed by atoms with van der Waals surface area (Å²) in [5, 5.41) is 12.9. The molecule has 4 N–H and O–H groups in total. The predicted molar refractivity (Wildman–Crippen MR) is 57.1 cm³/mol. The van der Waals surface area contributed by atoms with Crippen molar-refractivity contribution in [1.29, 1.82) is 0 Å². The fraction of sp³-hybridized carbons (Fsp3) is 0.600. The Bertz CT molecular complexity index is 367. The van der Waals surface area contributed by atoms with Gasteiger partial charge in [-0.1, -0.05) is 0 Å². The molecule has 0 spiro atoms. The summed E-state index contributed by atoms with van der Waals surface area (Å²) >= 11 is 0. The van der Waals surface area contributed by atoms with Gasteiger partial charge in [0, 0.05) is 12.1 Å². The zero-order valence-electron chi connectivity index (χ0n) is 8.82. The monoisotopic (exact) mass is 208 g/mol. The van der Waals surface area contributed by atoms with E-state index in [2.05, 4.69) is 15.3 Å². The maximum Gasteiger partial charge on any atom is 0.220 e. The molecule has 5 heteroatoms. The van der Waals surface area contributed by atoms with E-state index in [9.17, 15) is 5.11 Å². The quantitative estimate of drug-likeness (QED) is 0.644. The summed E-state index contributed by atoms with van der Waals surface area (Å²) in [6.45, 7) is 0.617. The second-order valence-corrected chi connectivity index (χ2v) is 3.83. The van der Waals surface area contributed by atoms with Crippen LogP contribution in [0.5, 0.6) is 0 Å². The Labute approximate surface area is 88.7 Å². The van der Waals surface area contributed by atoms with Crippen LogP contribution in [0.25, 0.3) is 0 Å². The second kappa shape index (κ2) is 4.12. The van der Waals surface area contributed by atoms with Gasteiger partial charge in [0.15, 0.2) is 0 Å². The van der Waals surface area contributed by atoms with Crippen LogP contribution in [-0.2, 0) is 13.0 Å². The van der Waals surface area contributed by atoms with Gasteiger partial charge in [-0.05, 0) is 26.3 Å². The first-order chi connectivity index (χ1) is 7.22. The Kier molecular flexibility index (Phi) is 2.83. The molecular weight excluding hydrogens is 192 g/mol. The van der Waals surface area contributed by atoms with Crippen molar-refractivity contribution in [1.82, 2.24) is 15.3 Å². The normalized spacial score (nSPS) is 20.0. The van der Waals surface area contributed by atoms with E-state index in [0.29, 0.717) is 12.5 Å². The van der Waals surface area contributed by atoms with Crippen LogP contribution < -0.4 is 11.1 Å². The highest BCUT2D eigenvalue weighted by atomic mass is 16.3. The lowest BCUT2D eigenvalue weighted by atomic mass is 9.92. The Hall–Kier alpha value is -1.20. The Morgan fingerprint density at radius 3 is 3.07 bits per heavy atom. The Morgan fingerprint density at radius 1 is 1.53 bits per heavy atom. The summed E-state index contributed by atoms with van der Waals surface area (Å²) in [6, 6.07) is 0. The zero-order valence-corrected chi connectivity index (χ0v) is 8.82. The summed E-state index contributed by atoms with van der Waals surface area (Å²) in [7, 11) is 1.85. The van der Waals surface area contributed by atoms with Gasteiger partial charge in [-0.25, -0.2) is 9.97 Å². The third-order valence-electron chi connectivity index (χ3n) is 2.69. The summed E-state index contributed by atoms with van der Waals surface area (Å²) in [5.41, 5.74) is 8.24. The standard InChI is InChI=1S/C10H16N4O/c1-12-5-7-9-6(13-10(11)14-7)3-2-4-8(9)15/h8,12,15H,2-5H2,1H3,(H2,11,13,14). The van der Waals surface area contributed by atoms with E-state index >= 15 is 0 Å². The minimum atomic E-state index is -0.433. The molecule has 1 aliphatic carbocycles. The molecule has 0 aliphatic heterocycles. The molecule has 1 aliphatic rings. The second-order valence-electron chi connectivity index (χ2n) is 3.83. The van der Waals surface area contributed by atoms with E-state index in [1.807, 2.05) is 7.05 Å². The van der Waals surface area contributed by atoms with Crippen molar-refractivity contribution in [2.75, 3.05) is 12.8 Å². The molecular formula is C10H16N4O. The minimum Gasteiger partial charge on any atom is -0.388 e. The summed E-state index contributed by atoms with van der Waals surface area (Å²) in [5.74, 6) is 0.299. The zero-order chi connectivity index (χ0) is 10.8. The van der Waals surface area contributed by atoms with Gasteiger partial charge in [0.05, 0.1) is 17.5 Å². The molecule has 0 aromatic carbocycles. The smallest absolute Gasteiger partial charge is 0.220 e. The molecule has 0 saturated heterocycles. The number of aryl methyl sites for hydroxylation is 1. The highest BCUT2D eigenvalue weighted by Gasteiger charge is 2.23. The largest absolute Gasteiger partial charge is 0.388 e. The van der Waals surface area contributed by atoms with Gasteiger partial charge in [-0.15, -0.1) is 0 Å². The number of nitrogen functional groups attached to an aromatic ring is 1. The van der Waals surface area contributed by atoms with Crippen LogP contribution in [-0.4, -0.2) is 22.1 Å². The van der Waals surface area contributed by atoms with Crippen molar-refractivity contribution in [3.8, 4) is 0 Å². The maximum atomic E-state index is 9.91. The van der Waals surface area contributed by atoms with Gasteiger partial charge >= 0.3 is 0 Å². The van der Waals surface area contributed by atoms with Crippen molar-refractivity contribution in [2.45, 2.75) is 31.9 Å². The first kappa shape index (κ1) is 10.3. The molecule has 0 fully saturated rings. The van der Waals surface area contributed by atoms with Crippen molar-refractivity contribution in [3.63, 3.8) is 0 Å². The third-order valence-corrected chi connectivity index (χ3v) is 2.69. The van der Waals surface area contributed by atoms with Gasteiger partial charge < -0.3 is 16.2 Å². The van der Waals surface area contributed by atoms with Crippen LogP contribution in [0.1, 0.15) is 35.9 Å². The van der Waals surface area contributed by atoms with Gasteiger partial charge in [0.2, 0.25) is 5.95 Å². The molecule has 15 heavy (non-hydrogen) atoms. The van der Waals surface area contributed by atoms with Gasteiger partial charge in [0.25, 0.3) is 0 Å². The molecule has 0 amide bonds. The summed E-state index contributed by atoms with van der Waals surface area (Å²) in [6.07, 6.45) is 2.20. The van der Waals surface area contributed by atoms with E-state index in [4.69, 9.17) is 5.73 Å². The van der Waals surface area contributed by atoms with Gasteiger partial charge in [-0.3, -0.25) is 0 Å². The lowest BCUT2D eigenvalue weighted by Crippen LogP contribution is -2.20. The number of aliphatic hydroxyl groups is 1.